The van der Waals surface area contributed by atoms with E-state index in [9.17, 15) is 9.59 Å². The fourth-order valence-electron chi connectivity index (χ4n) is 2.80. The first-order chi connectivity index (χ1) is 14.3. The number of hydrogen-bond donors (Lipinski definition) is 1. The summed E-state index contributed by atoms with van der Waals surface area (Å²) >= 11 is 13.8. The molecule has 0 spiro atoms. The van der Waals surface area contributed by atoms with Crippen LogP contribution in [0.5, 0.6) is 5.75 Å². The van der Waals surface area contributed by atoms with E-state index in [0.717, 1.165) is 16.9 Å². The van der Waals surface area contributed by atoms with Crippen molar-refractivity contribution in [3.8, 4) is 5.75 Å². The number of rotatable bonds is 10. The summed E-state index contributed by atoms with van der Waals surface area (Å²) in [5.41, 5.74) is 1.84. The van der Waals surface area contributed by atoms with Crippen molar-refractivity contribution in [3.63, 3.8) is 0 Å². The van der Waals surface area contributed by atoms with Crippen molar-refractivity contribution in [1.29, 1.82) is 0 Å². The molecule has 0 saturated carbocycles. The normalized spacial score (nSPS) is 11.6. The average molecular weight is 469 g/mol. The molecule has 8 heteroatoms. The van der Waals surface area contributed by atoms with Crippen molar-refractivity contribution in [2.45, 2.75) is 32.2 Å². The first-order valence-corrected chi connectivity index (χ1v) is 11.5. The van der Waals surface area contributed by atoms with Crippen LogP contribution < -0.4 is 10.1 Å². The van der Waals surface area contributed by atoms with Gasteiger partial charge in [0.05, 0.1) is 12.9 Å². The maximum absolute atomic E-state index is 13.0. The lowest BCUT2D eigenvalue weighted by atomic mass is 10.1. The van der Waals surface area contributed by atoms with Gasteiger partial charge in [-0.2, -0.15) is 0 Å². The summed E-state index contributed by atoms with van der Waals surface area (Å²) in [5, 5.41) is 3.77. The van der Waals surface area contributed by atoms with Gasteiger partial charge in [-0.05, 0) is 49.2 Å². The molecule has 2 rings (SSSR count). The Hall–Kier alpha value is -1.89. The molecule has 2 amide bonds. The molecule has 162 valence electrons. The number of nitrogens with one attached hydrogen (secondary N) is 1. The Morgan fingerprint density at radius 3 is 2.47 bits per heavy atom. The molecule has 0 radical (unpaired) electrons. The molecule has 0 aliphatic heterocycles. The van der Waals surface area contributed by atoms with Crippen LogP contribution >= 0.6 is 35.0 Å². The Bertz CT molecular complexity index is 862. The molecule has 0 aliphatic rings. The second-order valence-corrected chi connectivity index (χ2v) is 8.50. The molecule has 0 aromatic heterocycles. The number of likely N-dealkylation sites (N-methyl/N-ethyl adjacent to an activating group) is 1. The monoisotopic (exact) mass is 468 g/mol. The molecule has 2 aromatic carbocycles. The number of hydrogen-bond acceptors (Lipinski definition) is 4. The standard InChI is InChI=1S/C22H26Cl2N2O3S/c1-4-25-22(28)15(2)26(12-17-7-8-18(23)11-20(17)24)21(27)14-30-13-16-5-9-19(29-3)10-6-16/h5-11,15H,4,12-14H2,1-3H3,(H,25,28)/t15-/m0/s1. The van der Waals surface area contributed by atoms with E-state index in [1.807, 2.05) is 31.2 Å². The Kier molecular flexibility index (Phi) is 9.82. The molecule has 0 heterocycles. The number of methoxy groups -OCH3 is 1. The number of nitrogens with zero attached hydrogens (tertiary/aromatic N) is 1. The van der Waals surface area contributed by atoms with Gasteiger partial charge in [-0.1, -0.05) is 41.4 Å². The minimum Gasteiger partial charge on any atom is -0.497 e. The maximum atomic E-state index is 13.0. The van der Waals surface area contributed by atoms with E-state index in [1.165, 1.54) is 11.8 Å². The van der Waals surface area contributed by atoms with Crippen LogP contribution in [0.15, 0.2) is 42.5 Å². The molecule has 5 nitrogen and oxygen atoms in total. The van der Waals surface area contributed by atoms with Crippen LogP contribution in [0.25, 0.3) is 0 Å². The van der Waals surface area contributed by atoms with Crippen LogP contribution in [-0.4, -0.2) is 42.2 Å². The summed E-state index contributed by atoms with van der Waals surface area (Å²) in [6.45, 7) is 4.30. The van der Waals surface area contributed by atoms with Crippen LogP contribution in [0.2, 0.25) is 10.0 Å². The molecule has 0 fully saturated rings. The van der Waals surface area contributed by atoms with E-state index in [1.54, 1.807) is 37.1 Å². The number of carbonyl (C=O) groups excluding carboxylic acids is 2. The summed E-state index contributed by atoms with van der Waals surface area (Å²) < 4.78 is 5.16. The van der Waals surface area contributed by atoms with Gasteiger partial charge in [-0.15, -0.1) is 11.8 Å². The van der Waals surface area contributed by atoms with E-state index < -0.39 is 6.04 Å². The predicted octanol–water partition coefficient (Wildman–Crippen LogP) is 4.79. The molecular formula is C22H26Cl2N2O3S. The summed E-state index contributed by atoms with van der Waals surface area (Å²) in [6, 6.07) is 12.2. The summed E-state index contributed by atoms with van der Waals surface area (Å²) in [5.74, 6) is 1.40. The molecule has 0 saturated heterocycles. The first-order valence-electron chi connectivity index (χ1n) is 9.57. The zero-order chi connectivity index (χ0) is 22.1. The minimum atomic E-state index is -0.620. The fourth-order valence-corrected chi connectivity index (χ4v) is 4.14. The maximum Gasteiger partial charge on any atom is 0.242 e. The van der Waals surface area contributed by atoms with Gasteiger partial charge in [0.15, 0.2) is 0 Å². The highest BCUT2D eigenvalue weighted by Gasteiger charge is 2.26. The molecule has 0 bridgehead atoms. The summed E-state index contributed by atoms with van der Waals surface area (Å²) in [4.78, 5) is 27.0. The average Bonchev–Trinajstić information content (AvgIpc) is 2.73. The largest absolute Gasteiger partial charge is 0.497 e. The zero-order valence-corrected chi connectivity index (χ0v) is 19.6. The van der Waals surface area contributed by atoms with E-state index in [2.05, 4.69) is 5.32 Å². The van der Waals surface area contributed by atoms with Crippen LogP contribution in [-0.2, 0) is 21.9 Å². The predicted molar refractivity (Wildman–Crippen MR) is 124 cm³/mol. The lowest BCUT2D eigenvalue weighted by Gasteiger charge is -2.29. The van der Waals surface area contributed by atoms with Crippen LogP contribution in [0.4, 0.5) is 0 Å². The van der Waals surface area contributed by atoms with E-state index in [-0.39, 0.29) is 24.1 Å². The van der Waals surface area contributed by atoms with Gasteiger partial charge in [-0.3, -0.25) is 9.59 Å². The van der Waals surface area contributed by atoms with Gasteiger partial charge < -0.3 is 15.0 Å². The van der Waals surface area contributed by atoms with Crippen LogP contribution in [0.3, 0.4) is 0 Å². The number of benzene rings is 2. The van der Waals surface area contributed by atoms with Crippen LogP contribution in [0, 0.1) is 0 Å². The highest BCUT2D eigenvalue weighted by Crippen LogP contribution is 2.24. The van der Waals surface area contributed by atoms with E-state index in [4.69, 9.17) is 27.9 Å². The zero-order valence-electron chi connectivity index (χ0n) is 17.3. The minimum absolute atomic E-state index is 0.127. The molecule has 2 aromatic rings. The highest BCUT2D eigenvalue weighted by atomic mass is 35.5. The Balaban J connectivity index is 2.07. The van der Waals surface area contributed by atoms with Crippen molar-refractivity contribution in [2.24, 2.45) is 0 Å². The summed E-state index contributed by atoms with van der Waals surface area (Å²) in [7, 11) is 1.62. The quantitative estimate of drug-likeness (QED) is 0.544. The van der Waals surface area contributed by atoms with Crippen molar-refractivity contribution < 1.29 is 14.3 Å². The smallest absolute Gasteiger partial charge is 0.242 e. The molecule has 30 heavy (non-hydrogen) atoms. The number of thioether (sulfide) groups is 1. The Morgan fingerprint density at radius 1 is 1.17 bits per heavy atom. The van der Waals surface area contributed by atoms with E-state index >= 15 is 0 Å². The highest BCUT2D eigenvalue weighted by molar-refractivity contribution is 7.99. The first kappa shape index (κ1) is 24.4. The van der Waals surface area contributed by atoms with E-state index in [0.29, 0.717) is 22.3 Å². The van der Waals surface area contributed by atoms with Crippen molar-refractivity contribution in [3.05, 3.63) is 63.6 Å². The Labute approximate surface area is 192 Å². The lowest BCUT2D eigenvalue weighted by molar-refractivity contribution is -0.138. The molecule has 1 N–H and O–H groups in total. The third kappa shape index (κ3) is 7.11. The van der Waals surface area contributed by atoms with Crippen LogP contribution in [0.1, 0.15) is 25.0 Å². The second-order valence-electron chi connectivity index (χ2n) is 6.67. The van der Waals surface area contributed by atoms with Gasteiger partial charge in [-0.25, -0.2) is 0 Å². The number of carbonyl (C=O) groups is 2. The van der Waals surface area contributed by atoms with Crippen molar-refractivity contribution >= 4 is 46.8 Å². The number of amides is 2. The number of ether oxygens (including phenoxy) is 1. The number of halogens is 2. The Morgan fingerprint density at radius 2 is 1.87 bits per heavy atom. The van der Waals surface area contributed by atoms with Crippen molar-refractivity contribution in [1.82, 2.24) is 10.2 Å². The van der Waals surface area contributed by atoms with Crippen molar-refractivity contribution in [2.75, 3.05) is 19.4 Å². The third-order valence-corrected chi connectivity index (χ3v) is 6.10. The third-order valence-electron chi connectivity index (χ3n) is 4.53. The van der Waals surface area contributed by atoms with Gasteiger partial charge in [0.1, 0.15) is 11.8 Å². The molecule has 0 aliphatic carbocycles. The van der Waals surface area contributed by atoms with Gasteiger partial charge in [0, 0.05) is 28.9 Å². The molecule has 1 atom stereocenters. The second kappa shape index (κ2) is 12.1. The molecular weight excluding hydrogens is 443 g/mol. The van der Waals surface area contributed by atoms with Gasteiger partial charge in [0.2, 0.25) is 11.8 Å². The lowest BCUT2D eigenvalue weighted by Crippen LogP contribution is -2.48. The fraction of sp³-hybridized carbons (Fsp3) is 0.364. The van der Waals surface area contributed by atoms with Gasteiger partial charge in [0.25, 0.3) is 0 Å². The topological polar surface area (TPSA) is 58.6 Å². The molecule has 0 unspecified atom stereocenters. The van der Waals surface area contributed by atoms with Gasteiger partial charge >= 0.3 is 0 Å². The summed E-state index contributed by atoms with van der Waals surface area (Å²) in [6.07, 6.45) is 0. The SMILES string of the molecule is CCNC(=O)[C@H](C)N(Cc1ccc(Cl)cc1Cl)C(=O)CSCc1ccc(OC)cc1.